The van der Waals surface area contributed by atoms with Crippen LogP contribution in [0.25, 0.3) is 0 Å². The Labute approximate surface area is 114 Å². The Bertz CT molecular complexity index is 578. The van der Waals surface area contributed by atoms with E-state index in [1.54, 1.807) is 36.2 Å². The Morgan fingerprint density at radius 2 is 2.22 bits per heavy atom. The normalized spacial score (nSPS) is 10.4. The van der Waals surface area contributed by atoms with Crippen LogP contribution in [0.15, 0.2) is 34.9 Å². The first-order valence-corrected chi connectivity index (χ1v) is 6.26. The topological polar surface area (TPSA) is 44.1 Å². The van der Waals surface area contributed by atoms with Gasteiger partial charge in [0.25, 0.3) is 0 Å². The van der Waals surface area contributed by atoms with Crippen molar-refractivity contribution in [1.82, 2.24) is 9.78 Å². The third kappa shape index (κ3) is 2.61. The van der Waals surface area contributed by atoms with Crippen LogP contribution in [0.4, 0.5) is 0 Å². The zero-order valence-corrected chi connectivity index (χ0v) is 11.8. The average molecular weight is 309 g/mol. The number of rotatable bonds is 4. The Balaban J connectivity index is 2.19. The number of aromatic nitrogens is 2. The second-order valence-electron chi connectivity index (χ2n) is 3.90. The van der Waals surface area contributed by atoms with Gasteiger partial charge < -0.3 is 4.74 Å². The maximum atomic E-state index is 12.1. The molecule has 0 spiro atoms. The second-order valence-corrected chi connectivity index (χ2v) is 4.76. The van der Waals surface area contributed by atoms with Gasteiger partial charge in [0.05, 0.1) is 11.6 Å². The van der Waals surface area contributed by atoms with Gasteiger partial charge in [0.15, 0.2) is 5.78 Å². The molecule has 0 saturated heterocycles. The smallest absolute Gasteiger partial charge is 0.184 e. The Morgan fingerprint density at radius 1 is 1.44 bits per heavy atom. The summed E-state index contributed by atoms with van der Waals surface area (Å²) >= 11 is 3.37. The van der Waals surface area contributed by atoms with Gasteiger partial charge in [0.1, 0.15) is 12.3 Å². The van der Waals surface area contributed by atoms with E-state index in [4.69, 9.17) is 4.74 Å². The third-order valence-corrected chi connectivity index (χ3v) is 3.32. The summed E-state index contributed by atoms with van der Waals surface area (Å²) in [5, 5.41) is 4.10. The van der Waals surface area contributed by atoms with Gasteiger partial charge in [-0.1, -0.05) is 0 Å². The van der Waals surface area contributed by atoms with Crippen LogP contribution in [0, 0.1) is 6.92 Å². The highest BCUT2D eigenvalue weighted by molar-refractivity contribution is 9.10. The first-order valence-electron chi connectivity index (χ1n) is 5.47. The molecule has 1 aromatic heterocycles. The number of halogens is 1. The van der Waals surface area contributed by atoms with E-state index in [1.165, 1.54) is 0 Å². The Morgan fingerprint density at radius 3 is 2.78 bits per heavy atom. The lowest BCUT2D eigenvalue weighted by Gasteiger charge is -2.07. The summed E-state index contributed by atoms with van der Waals surface area (Å²) in [6.07, 6.45) is 1.69. The summed E-state index contributed by atoms with van der Waals surface area (Å²) in [4.78, 5) is 12.1. The molecule has 1 heterocycles. The van der Waals surface area contributed by atoms with Gasteiger partial charge in [-0.25, -0.2) is 0 Å². The molecule has 0 N–H and O–H groups in total. The molecule has 0 amide bonds. The van der Waals surface area contributed by atoms with Crippen molar-refractivity contribution in [2.45, 2.75) is 13.5 Å². The molecular formula is C13H13BrN2O2. The highest BCUT2D eigenvalue weighted by Gasteiger charge is 2.10. The van der Waals surface area contributed by atoms with Crippen LogP contribution < -0.4 is 4.74 Å². The molecule has 94 valence electrons. The van der Waals surface area contributed by atoms with Crippen molar-refractivity contribution >= 4 is 21.7 Å². The minimum Gasteiger partial charge on any atom is -0.496 e. The molecule has 2 rings (SSSR count). The molecule has 0 atom stereocenters. The van der Waals surface area contributed by atoms with E-state index in [0.29, 0.717) is 11.3 Å². The van der Waals surface area contributed by atoms with Crippen LogP contribution in [0.3, 0.4) is 0 Å². The monoisotopic (exact) mass is 308 g/mol. The number of ketones is 1. The summed E-state index contributed by atoms with van der Waals surface area (Å²) in [5.74, 6) is 0.729. The zero-order chi connectivity index (χ0) is 13.1. The Kier molecular flexibility index (Phi) is 3.81. The van der Waals surface area contributed by atoms with Gasteiger partial charge in [-0.05, 0) is 47.1 Å². The van der Waals surface area contributed by atoms with E-state index in [2.05, 4.69) is 21.0 Å². The first-order chi connectivity index (χ1) is 8.61. The quantitative estimate of drug-likeness (QED) is 0.816. The minimum absolute atomic E-state index is 0.0187. The number of aryl methyl sites for hydroxylation is 1. The van der Waals surface area contributed by atoms with E-state index < -0.39 is 0 Å². The summed E-state index contributed by atoms with van der Waals surface area (Å²) in [5.41, 5.74) is 1.61. The van der Waals surface area contributed by atoms with Gasteiger partial charge in [-0.2, -0.15) is 5.10 Å². The molecule has 0 aliphatic heterocycles. The summed E-state index contributed by atoms with van der Waals surface area (Å²) in [7, 11) is 1.59. The number of carbonyl (C=O) groups excluding carboxylic acids is 1. The minimum atomic E-state index is 0.0187. The van der Waals surface area contributed by atoms with Crippen molar-refractivity contribution < 1.29 is 9.53 Å². The van der Waals surface area contributed by atoms with Crippen LogP contribution >= 0.6 is 15.9 Å². The predicted octanol–water partition coefficient (Wildman–Crippen LogP) is 2.85. The van der Waals surface area contributed by atoms with Crippen molar-refractivity contribution in [1.29, 1.82) is 0 Å². The van der Waals surface area contributed by atoms with Crippen molar-refractivity contribution in [3.8, 4) is 5.75 Å². The van der Waals surface area contributed by atoms with Crippen LogP contribution in [0.2, 0.25) is 0 Å². The fourth-order valence-corrected chi connectivity index (χ4v) is 2.17. The van der Waals surface area contributed by atoms with Gasteiger partial charge in [-0.3, -0.25) is 9.48 Å². The number of methoxy groups -OCH3 is 1. The fraction of sp³-hybridized carbons (Fsp3) is 0.231. The molecular weight excluding hydrogens is 296 g/mol. The summed E-state index contributed by atoms with van der Waals surface area (Å²) < 4.78 is 7.58. The zero-order valence-electron chi connectivity index (χ0n) is 10.2. The molecule has 0 saturated carbocycles. The molecule has 0 unspecified atom stereocenters. The predicted molar refractivity (Wildman–Crippen MR) is 72.0 cm³/mol. The lowest BCUT2D eigenvalue weighted by Crippen LogP contribution is -2.12. The molecule has 1 aromatic carbocycles. The van der Waals surface area contributed by atoms with Crippen molar-refractivity contribution in [3.63, 3.8) is 0 Å². The number of hydrogen-bond donors (Lipinski definition) is 0. The molecule has 5 heteroatoms. The number of benzene rings is 1. The number of Topliss-reactive ketones (excluding diaryl/α,β-unsaturated/α-hetero) is 1. The van der Waals surface area contributed by atoms with Crippen LogP contribution in [0.5, 0.6) is 5.75 Å². The van der Waals surface area contributed by atoms with Crippen molar-refractivity contribution in [2.24, 2.45) is 0 Å². The van der Waals surface area contributed by atoms with E-state index in [0.717, 1.165) is 10.2 Å². The highest BCUT2D eigenvalue weighted by atomic mass is 79.9. The molecule has 0 aliphatic carbocycles. The SMILES string of the molecule is COc1ccc(C(=O)Cn2nccc2C)cc1Br. The van der Waals surface area contributed by atoms with Gasteiger partial charge in [0.2, 0.25) is 0 Å². The lowest BCUT2D eigenvalue weighted by molar-refractivity contribution is 0.0966. The van der Waals surface area contributed by atoms with Gasteiger partial charge in [0, 0.05) is 17.5 Å². The van der Waals surface area contributed by atoms with Crippen LogP contribution in [0.1, 0.15) is 16.1 Å². The Hall–Kier alpha value is -1.62. The maximum absolute atomic E-state index is 12.1. The van der Waals surface area contributed by atoms with Crippen LogP contribution in [-0.4, -0.2) is 22.7 Å². The molecule has 0 fully saturated rings. The van der Waals surface area contributed by atoms with E-state index in [-0.39, 0.29) is 12.3 Å². The maximum Gasteiger partial charge on any atom is 0.184 e. The lowest BCUT2D eigenvalue weighted by atomic mass is 10.1. The van der Waals surface area contributed by atoms with E-state index in [9.17, 15) is 4.79 Å². The molecule has 0 aliphatic rings. The van der Waals surface area contributed by atoms with E-state index >= 15 is 0 Å². The molecule has 4 nitrogen and oxygen atoms in total. The van der Waals surface area contributed by atoms with Crippen molar-refractivity contribution in [2.75, 3.05) is 7.11 Å². The van der Waals surface area contributed by atoms with Gasteiger partial charge in [-0.15, -0.1) is 0 Å². The van der Waals surface area contributed by atoms with Crippen LogP contribution in [-0.2, 0) is 6.54 Å². The first kappa shape index (κ1) is 12.8. The molecule has 0 bridgehead atoms. The standard InChI is InChI=1S/C13H13BrN2O2/c1-9-5-6-15-16(9)8-12(17)10-3-4-13(18-2)11(14)7-10/h3-7H,8H2,1-2H3. The number of carbonyl (C=O) groups is 1. The second kappa shape index (κ2) is 5.35. The fourth-order valence-electron chi connectivity index (χ4n) is 1.63. The van der Waals surface area contributed by atoms with Crippen molar-refractivity contribution in [3.05, 3.63) is 46.2 Å². The summed E-state index contributed by atoms with van der Waals surface area (Å²) in [6, 6.07) is 7.16. The number of hydrogen-bond acceptors (Lipinski definition) is 3. The van der Waals surface area contributed by atoms with E-state index in [1.807, 2.05) is 13.0 Å². The number of ether oxygens (including phenoxy) is 1. The number of nitrogens with zero attached hydrogens (tertiary/aromatic N) is 2. The largest absolute Gasteiger partial charge is 0.496 e. The molecule has 0 radical (unpaired) electrons. The molecule has 18 heavy (non-hydrogen) atoms. The summed E-state index contributed by atoms with van der Waals surface area (Å²) in [6.45, 7) is 2.17. The average Bonchev–Trinajstić information content (AvgIpc) is 2.75. The third-order valence-electron chi connectivity index (χ3n) is 2.70. The highest BCUT2D eigenvalue weighted by Crippen LogP contribution is 2.25. The molecule has 2 aromatic rings. The van der Waals surface area contributed by atoms with Gasteiger partial charge >= 0.3 is 0 Å².